The van der Waals surface area contributed by atoms with Gasteiger partial charge in [0.2, 0.25) is 11.8 Å². The van der Waals surface area contributed by atoms with Crippen molar-refractivity contribution >= 4 is 40.5 Å². The fourth-order valence-electron chi connectivity index (χ4n) is 3.08. The van der Waals surface area contributed by atoms with Crippen LogP contribution in [-0.2, 0) is 0 Å². The van der Waals surface area contributed by atoms with Crippen molar-refractivity contribution in [1.29, 1.82) is 0 Å². The number of hydrogen-bond acceptors (Lipinski definition) is 5. The first-order valence-electron chi connectivity index (χ1n) is 8.88. The summed E-state index contributed by atoms with van der Waals surface area (Å²) in [4.78, 5) is 13.1. The average Bonchev–Trinajstić information content (AvgIpc) is 2.68. The minimum absolute atomic E-state index is 0.354. The maximum atomic E-state index is 9.65. The fourth-order valence-corrected chi connectivity index (χ4v) is 3.59. The van der Waals surface area contributed by atoms with E-state index in [0.717, 1.165) is 30.0 Å². The number of hydrogen-bond donors (Lipinski definition) is 2. The number of rotatable bonds is 3. The third-order valence-corrected chi connectivity index (χ3v) is 5.16. The Balaban J connectivity index is 1.77. The quantitative estimate of drug-likeness (QED) is 0.444. The lowest BCUT2D eigenvalue weighted by molar-refractivity contribution is 0.207. The van der Waals surface area contributed by atoms with E-state index in [1.54, 1.807) is 13.2 Å². The lowest BCUT2D eigenvalue weighted by Gasteiger charge is -2.37. The average molecular weight is 424 g/mol. The molecule has 2 aromatic rings. The number of hydroxylamine groups is 1. The highest BCUT2D eigenvalue weighted by Crippen LogP contribution is 2.29. The molecule has 2 N–H and O–H groups in total. The van der Waals surface area contributed by atoms with Gasteiger partial charge in [-0.05, 0) is 43.7 Å². The number of guanidine groups is 1. The van der Waals surface area contributed by atoms with Crippen LogP contribution in [0.2, 0.25) is 10.0 Å². The van der Waals surface area contributed by atoms with Gasteiger partial charge in [-0.2, -0.15) is 0 Å². The molecule has 0 atom stereocenters. The summed E-state index contributed by atoms with van der Waals surface area (Å²) in [6.45, 7) is 6.67. The van der Waals surface area contributed by atoms with E-state index < -0.39 is 0 Å². The van der Waals surface area contributed by atoms with Crippen LogP contribution in [0.25, 0.3) is 0 Å². The maximum absolute atomic E-state index is 9.65. The number of aryl methyl sites for hydroxylation is 2. The number of pyridine rings is 1. The maximum Gasteiger partial charge on any atom is 0.240 e. The predicted molar refractivity (Wildman–Crippen MR) is 113 cm³/mol. The zero-order valence-corrected chi connectivity index (χ0v) is 17.5. The molecule has 1 saturated heterocycles. The van der Waals surface area contributed by atoms with Crippen molar-refractivity contribution in [3.8, 4) is 5.88 Å². The fraction of sp³-hybridized carbons (Fsp3) is 0.368. The highest BCUT2D eigenvalue weighted by Gasteiger charge is 2.21. The van der Waals surface area contributed by atoms with Crippen molar-refractivity contribution in [2.75, 3.05) is 38.2 Å². The van der Waals surface area contributed by atoms with Crippen LogP contribution in [0.4, 0.5) is 11.4 Å². The first-order valence-corrected chi connectivity index (χ1v) is 9.64. The Bertz CT molecular complexity index is 863. The van der Waals surface area contributed by atoms with Crippen molar-refractivity contribution in [1.82, 2.24) is 15.4 Å². The molecular formula is C19H23Cl2N5O2. The van der Waals surface area contributed by atoms with E-state index in [1.807, 2.05) is 36.9 Å². The Labute approximate surface area is 174 Å². The molecule has 28 heavy (non-hydrogen) atoms. The molecule has 2 heterocycles. The van der Waals surface area contributed by atoms with E-state index in [1.165, 1.54) is 0 Å². The zero-order valence-electron chi connectivity index (χ0n) is 16.0. The molecule has 0 saturated carbocycles. The van der Waals surface area contributed by atoms with Gasteiger partial charge >= 0.3 is 0 Å². The normalized spacial score (nSPS) is 15.0. The Morgan fingerprint density at radius 2 is 1.75 bits per heavy atom. The van der Waals surface area contributed by atoms with Gasteiger partial charge in [0.05, 0.1) is 7.11 Å². The van der Waals surface area contributed by atoms with Crippen molar-refractivity contribution in [2.24, 2.45) is 4.99 Å². The molecule has 3 rings (SSSR count). The van der Waals surface area contributed by atoms with E-state index in [9.17, 15) is 5.21 Å². The van der Waals surface area contributed by atoms with Crippen LogP contribution in [0.15, 0.2) is 29.3 Å². The Morgan fingerprint density at radius 3 is 2.32 bits per heavy atom. The van der Waals surface area contributed by atoms with E-state index >= 15 is 0 Å². The van der Waals surface area contributed by atoms with Crippen molar-refractivity contribution < 1.29 is 9.94 Å². The molecule has 1 aromatic carbocycles. The summed E-state index contributed by atoms with van der Waals surface area (Å²) >= 11 is 12.2. The molecule has 0 aliphatic carbocycles. The number of aromatic nitrogens is 1. The SMILES string of the molecule is COc1nc(C)c(C)cc1N=C(NO)N1CCN(c2cc(Cl)cc(Cl)c2)CC1. The Morgan fingerprint density at radius 1 is 1.11 bits per heavy atom. The number of nitrogens with one attached hydrogen (secondary N) is 1. The summed E-state index contributed by atoms with van der Waals surface area (Å²) in [5, 5.41) is 10.9. The largest absolute Gasteiger partial charge is 0.479 e. The minimum Gasteiger partial charge on any atom is -0.479 e. The van der Waals surface area contributed by atoms with E-state index in [2.05, 4.69) is 20.4 Å². The number of aliphatic imine (C=N–C) groups is 1. The standard InChI is InChI=1S/C19H23Cl2N5O2/c1-12-8-17(18(28-3)22-13(12)2)23-19(24-27)26-6-4-25(5-7-26)16-10-14(20)9-15(21)11-16/h8-11,27H,4-7H2,1-3H3,(H,23,24). The number of ether oxygens (including phenoxy) is 1. The molecule has 7 nitrogen and oxygen atoms in total. The van der Waals surface area contributed by atoms with Crippen LogP contribution < -0.4 is 15.1 Å². The number of benzene rings is 1. The monoisotopic (exact) mass is 423 g/mol. The molecule has 1 fully saturated rings. The second-order valence-corrected chi connectivity index (χ2v) is 7.44. The van der Waals surface area contributed by atoms with Crippen LogP contribution in [0.1, 0.15) is 11.3 Å². The van der Waals surface area contributed by atoms with Gasteiger partial charge in [-0.25, -0.2) is 15.5 Å². The molecule has 1 aliphatic heterocycles. The van der Waals surface area contributed by atoms with Crippen LogP contribution in [0.3, 0.4) is 0 Å². The molecule has 9 heteroatoms. The van der Waals surface area contributed by atoms with Crippen LogP contribution in [0.5, 0.6) is 5.88 Å². The summed E-state index contributed by atoms with van der Waals surface area (Å²) in [5.74, 6) is 0.773. The number of piperazine rings is 1. The first kappa shape index (κ1) is 20.5. The van der Waals surface area contributed by atoms with Gasteiger partial charge in [0.15, 0.2) is 0 Å². The van der Waals surface area contributed by atoms with E-state index in [-0.39, 0.29) is 0 Å². The van der Waals surface area contributed by atoms with Crippen molar-refractivity contribution in [3.63, 3.8) is 0 Å². The summed E-state index contributed by atoms with van der Waals surface area (Å²) in [7, 11) is 1.55. The molecule has 0 amide bonds. The first-order chi connectivity index (χ1) is 13.4. The summed E-state index contributed by atoms with van der Waals surface area (Å²) in [5.41, 5.74) is 5.63. The Hall–Kier alpha value is -2.22. The van der Waals surface area contributed by atoms with Gasteiger partial charge in [-0.1, -0.05) is 23.2 Å². The molecule has 0 unspecified atom stereocenters. The van der Waals surface area contributed by atoms with E-state index in [0.29, 0.717) is 40.7 Å². The summed E-state index contributed by atoms with van der Waals surface area (Å²) in [6, 6.07) is 7.40. The van der Waals surface area contributed by atoms with E-state index in [4.69, 9.17) is 27.9 Å². The van der Waals surface area contributed by atoms with Gasteiger partial charge in [0.1, 0.15) is 5.69 Å². The third-order valence-electron chi connectivity index (χ3n) is 4.72. The second kappa shape index (κ2) is 8.86. The third kappa shape index (κ3) is 4.60. The lowest BCUT2D eigenvalue weighted by atomic mass is 10.2. The number of halogens is 2. The van der Waals surface area contributed by atoms with Crippen LogP contribution >= 0.6 is 23.2 Å². The molecule has 0 radical (unpaired) electrons. The number of nitrogens with zero attached hydrogens (tertiary/aromatic N) is 4. The molecule has 0 spiro atoms. The van der Waals surface area contributed by atoms with Crippen LogP contribution in [0, 0.1) is 13.8 Å². The topological polar surface area (TPSA) is 73.2 Å². The number of methoxy groups -OCH3 is 1. The van der Waals surface area contributed by atoms with Crippen molar-refractivity contribution in [2.45, 2.75) is 13.8 Å². The zero-order chi connectivity index (χ0) is 20.3. The molecule has 150 valence electrons. The van der Waals surface area contributed by atoms with Crippen LogP contribution in [-0.4, -0.2) is 54.3 Å². The molecule has 0 bridgehead atoms. The summed E-state index contributed by atoms with van der Waals surface area (Å²) < 4.78 is 5.33. The lowest BCUT2D eigenvalue weighted by Crippen LogP contribution is -2.52. The second-order valence-electron chi connectivity index (χ2n) is 6.57. The van der Waals surface area contributed by atoms with Gasteiger partial charge in [-0.15, -0.1) is 0 Å². The summed E-state index contributed by atoms with van der Waals surface area (Å²) in [6.07, 6.45) is 0. The highest BCUT2D eigenvalue weighted by molar-refractivity contribution is 6.35. The van der Waals surface area contributed by atoms with Crippen molar-refractivity contribution in [3.05, 3.63) is 45.6 Å². The van der Waals surface area contributed by atoms with Gasteiger partial charge in [-0.3, -0.25) is 5.21 Å². The van der Waals surface area contributed by atoms with Gasteiger partial charge in [0.25, 0.3) is 0 Å². The molecule has 1 aliphatic rings. The smallest absolute Gasteiger partial charge is 0.240 e. The molecular weight excluding hydrogens is 401 g/mol. The Kier molecular flexibility index (Phi) is 6.49. The van der Waals surface area contributed by atoms with Gasteiger partial charge in [0, 0.05) is 47.6 Å². The highest BCUT2D eigenvalue weighted by atomic mass is 35.5. The van der Waals surface area contributed by atoms with Gasteiger partial charge < -0.3 is 14.5 Å². The number of anilines is 1. The minimum atomic E-state index is 0.354. The predicted octanol–water partition coefficient (Wildman–Crippen LogP) is 3.80. The molecule has 1 aromatic heterocycles.